The molecule has 1 aromatic carbocycles. The van der Waals surface area contributed by atoms with E-state index in [1.807, 2.05) is 13.8 Å². The van der Waals surface area contributed by atoms with Gasteiger partial charge in [0.2, 0.25) is 0 Å². The van der Waals surface area contributed by atoms with Crippen molar-refractivity contribution in [3.05, 3.63) is 33.3 Å². The lowest BCUT2D eigenvalue weighted by Gasteiger charge is -2.22. The van der Waals surface area contributed by atoms with E-state index in [-0.39, 0.29) is 11.9 Å². The fourth-order valence-corrected chi connectivity index (χ4v) is 1.67. The first kappa shape index (κ1) is 12.5. The zero-order valence-electron chi connectivity index (χ0n) is 8.92. The molecule has 0 aliphatic heterocycles. The summed E-state index contributed by atoms with van der Waals surface area (Å²) >= 11 is 9.20. The largest absolute Gasteiger partial charge is 0.339 e. The molecule has 0 aliphatic rings. The Morgan fingerprint density at radius 3 is 2.60 bits per heavy atom. The molecule has 0 saturated carbocycles. The summed E-state index contributed by atoms with van der Waals surface area (Å²) in [5, 5.41) is 0.568. The zero-order chi connectivity index (χ0) is 11.6. The van der Waals surface area contributed by atoms with Gasteiger partial charge < -0.3 is 4.90 Å². The predicted molar refractivity (Wildman–Crippen MR) is 66.4 cm³/mol. The first-order valence-electron chi connectivity index (χ1n) is 4.65. The summed E-state index contributed by atoms with van der Waals surface area (Å²) in [6.45, 7) is 3.94. The molecule has 0 fully saturated rings. The van der Waals surface area contributed by atoms with Crippen LogP contribution in [0.25, 0.3) is 0 Å². The van der Waals surface area contributed by atoms with Crippen molar-refractivity contribution in [1.82, 2.24) is 4.90 Å². The van der Waals surface area contributed by atoms with Crippen molar-refractivity contribution in [2.24, 2.45) is 0 Å². The van der Waals surface area contributed by atoms with Crippen LogP contribution >= 0.6 is 27.5 Å². The van der Waals surface area contributed by atoms with Gasteiger partial charge in [-0.05, 0) is 48.0 Å². The summed E-state index contributed by atoms with van der Waals surface area (Å²) in [4.78, 5) is 13.7. The van der Waals surface area contributed by atoms with E-state index >= 15 is 0 Å². The fourth-order valence-electron chi connectivity index (χ4n) is 1.09. The summed E-state index contributed by atoms with van der Waals surface area (Å²) in [5.74, 6) is -0.0284. The van der Waals surface area contributed by atoms with Crippen LogP contribution < -0.4 is 0 Å². The van der Waals surface area contributed by atoms with Crippen molar-refractivity contribution in [2.45, 2.75) is 19.9 Å². The number of amides is 1. The smallest absolute Gasteiger partial charge is 0.255 e. The number of hydrogen-bond acceptors (Lipinski definition) is 1. The van der Waals surface area contributed by atoms with Crippen molar-refractivity contribution < 1.29 is 4.79 Å². The average Bonchev–Trinajstić information content (AvgIpc) is 2.19. The molecule has 0 saturated heterocycles. The number of hydrogen-bond donors (Lipinski definition) is 0. The number of benzene rings is 1. The second kappa shape index (κ2) is 4.99. The van der Waals surface area contributed by atoms with Crippen molar-refractivity contribution in [3.8, 4) is 0 Å². The predicted octanol–water partition coefficient (Wildman–Crippen LogP) is 3.58. The van der Waals surface area contributed by atoms with E-state index in [0.717, 1.165) is 4.47 Å². The lowest BCUT2D eigenvalue weighted by atomic mass is 10.2. The number of carbonyl (C=O) groups is 1. The highest BCUT2D eigenvalue weighted by atomic mass is 79.9. The van der Waals surface area contributed by atoms with E-state index in [1.54, 1.807) is 30.1 Å². The van der Waals surface area contributed by atoms with Gasteiger partial charge >= 0.3 is 0 Å². The first-order valence-corrected chi connectivity index (χ1v) is 5.82. The van der Waals surface area contributed by atoms with E-state index in [1.165, 1.54) is 0 Å². The Balaban J connectivity index is 3.05. The molecule has 0 unspecified atom stereocenters. The molecule has 1 rings (SSSR count). The van der Waals surface area contributed by atoms with E-state index < -0.39 is 0 Å². The number of rotatable bonds is 2. The number of halogens is 2. The average molecular weight is 291 g/mol. The van der Waals surface area contributed by atoms with Gasteiger partial charge in [0.25, 0.3) is 5.91 Å². The van der Waals surface area contributed by atoms with Gasteiger partial charge in [0, 0.05) is 22.6 Å². The normalized spacial score (nSPS) is 10.5. The SMILES string of the molecule is CC(C)N(C)C(=O)c1cc(Cl)ccc1Br. The molecule has 0 aromatic heterocycles. The van der Waals surface area contributed by atoms with Gasteiger partial charge in [-0.15, -0.1) is 0 Å². The van der Waals surface area contributed by atoms with Gasteiger partial charge in [-0.1, -0.05) is 11.6 Å². The minimum absolute atomic E-state index is 0.0284. The molecule has 2 nitrogen and oxygen atoms in total. The Kier molecular flexibility index (Phi) is 4.17. The second-order valence-corrected chi connectivity index (χ2v) is 4.92. The lowest BCUT2D eigenvalue weighted by Crippen LogP contribution is -2.33. The van der Waals surface area contributed by atoms with E-state index in [9.17, 15) is 4.79 Å². The third kappa shape index (κ3) is 2.95. The fraction of sp³-hybridized carbons (Fsp3) is 0.364. The number of nitrogens with zero attached hydrogens (tertiary/aromatic N) is 1. The number of carbonyl (C=O) groups excluding carboxylic acids is 1. The van der Waals surface area contributed by atoms with Gasteiger partial charge in [-0.2, -0.15) is 0 Å². The third-order valence-corrected chi connectivity index (χ3v) is 3.18. The van der Waals surface area contributed by atoms with E-state index in [0.29, 0.717) is 10.6 Å². The molecule has 1 aromatic rings. The minimum Gasteiger partial charge on any atom is -0.339 e. The van der Waals surface area contributed by atoms with Crippen molar-refractivity contribution in [1.29, 1.82) is 0 Å². The first-order chi connectivity index (χ1) is 6.93. The van der Waals surface area contributed by atoms with Gasteiger partial charge in [-0.3, -0.25) is 4.79 Å². The topological polar surface area (TPSA) is 20.3 Å². The van der Waals surface area contributed by atoms with Crippen LogP contribution in [0.5, 0.6) is 0 Å². The zero-order valence-corrected chi connectivity index (χ0v) is 11.3. The molecule has 4 heteroatoms. The third-order valence-electron chi connectivity index (χ3n) is 2.25. The van der Waals surface area contributed by atoms with Gasteiger partial charge in [0.1, 0.15) is 0 Å². The van der Waals surface area contributed by atoms with Crippen molar-refractivity contribution >= 4 is 33.4 Å². The maximum atomic E-state index is 12.0. The Labute approximate surface area is 103 Å². The minimum atomic E-state index is -0.0284. The molecule has 0 heterocycles. The Bertz CT molecular complexity index is 379. The standard InChI is InChI=1S/C11H13BrClNO/c1-7(2)14(3)11(15)9-6-8(13)4-5-10(9)12/h4-7H,1-3H3. The van der Waals surface area contributed by atoms with Crippen LogP contribution in [0.2, 0.25) is 5.02 Å². The van der Waals surface area contributed by atoms with Crippen LogP contribution in [0.15, 0.2) is 22.7 Å². The molecule has 15 heavy (non-hydrogen) atoms. The highest BCUT2D eigenvalue weighted by molar-refractivity contribution is 9.10. The van der Waals surface area contributed by atoms with Gasteiger partial charge in [0.15, 0.2) is 0 Å². The second-order valence-electron chi connectivity index (χ2n) is 3.63. The maximum Gasteiger partial charge on any atom is 0.255 e. The summed E-state index contributed by atoms with van der Waals surface area (Å²) in [5.41, 5.74) is 0.596. The van der Waals surface area contributed by atoms with Crippen LogP contribution in [0.4, 0.5) is 0 Å². The Morgan fingerprint density at radius 2 is 2.07 bits per heavy atom. The molecule has 0 bridgehead atoms. The molecule has 82 valence electrons. The van der Waals surface area contributed by atoms with E-state index in [2.05, 4.69) is 15.9 Å². The monoisotopic (exact) mass is 289 g/mol. The molecule has 0 aliphatic carbocycles. The summed E-state index contributed by atoms with van der Waals surface area (Å²) in [6, 6.07) is 5.37. The summed E-state index contributed by atoms with van der Waals surface area (Å²) in [6.07, 6.45) is 0. The Hall–Kier alpha value is -0.540. The van der Waals surface area contributed by atoms with Crippen LogP contribution in [0.3, 0.4) is 0 Å². The van der Waals surface area contributed by atoms with Crippen LogP contribution in [-0.4, -0.2) is 23.9 Å². The highest BCUT2D eigenvalue weighted by Crippen LogP contribution is 2.22. The maximum absolute atomic E-state index is 12.0. The van der Waals surface area contributed by atoms with Crippen LogP contribution in [0, 0.1) is 0 Å². The molecule has 0 spiro atoms. The molecule has 1 amide bonds. The summed E-state index contributed by atoms with van der Waals surface area (Å²) < 4.78 is 0.768. The van der Waals surface area contributed by atoms with E-state index in [4.69, 9.17) is 11.6 Å². The Morgan fingerprint density at radius 1 is 1.47 bits per heavy atom. The molecular formula is C11H13BrClNO. The molecule has 0 atom stereocenters. The van der Waals surface area contributed by atoms with Crippen molar-refractivity contribution in [3.63, 3.8) is 0 Å². The van der Waals surface area contributed by atoms with Gasteiger partial charge in [-0.25, -0.2) is 0 Å². The lowest BCUT2D eigenvalue weighted by molar-refractivity contribution is 0.0754. The molecule has 0 N–H and O–H groups in total. The molecular weight excluding hydrogens is 277 g/mol. The van der Waals surface area contributed by atoms with Crippen molar-refractivity contribution in [2.75, 3.05) is 7.05 Å². The van der Waals surface area contributed by atoms with Gasteiger partial charge in [0.05, 0.1) is 5.56 Å². The summed E-state index contributed by atoms with van der Waals surface area (Å²) in [7, 11) is 1.78. The quantitative estimate of drug-likeness (QED) is 0.815. The van der Waals surface area contributed by atoms with Crippen LogP contribution in [-0.2, 0) is 0 Å². The highest BCUT2D eigenvalue weighted by Gasteiger charge is 2.17. The molecule has 0 radical (unpaired) electrons. The van der Waals surface area contributed by atoms with Crippen LogP contribution in [0.1, 0.15) is 24.2 Å².